The Hall–Kier alpha value is -4.21. The Morgan fingerprint density at radius 2 is 1.56 bits per heavy atom. The van der Waals surface area contributed by atoms with Gasteiger partial charge in [-0.2, -0.15) is 0 Å². The number of carbonyl (C=O) groups is 3. The first-order valence-corrected chi connectivity index (χ1v) is 11.7. The standard InChI is InChI=1S/C26H30N4O6/c1-15(2)13-20(22(31)27-16(3)25(34)35)28-23(32)21(14-17-9-5-4-6-10-17)30-24(33)18-11-7-8-12-19(18)29-26(30)36/h4-12,15-16,20-21H,13-14H2,1-3H3,(H,27,31)(H,28,32)(H,29,36)(H,34,35)/t16-,20-,21-/m0/s1. The van der Waals surface area contributed by atoms with Gasteiger partial charge in [-0.3, -0.25) is 19.2 Å². The van der Waals surface area contributed by atoms with Crippen LogP contribution in [-0.4, -0.2) is 44.5 Å². The molecule has 0 bridgehead atoms. The van der Waals surface area contributed by atoms with Gasteiger partial charge in [0.1, 0.15) is 18.1 Å². The molecule has 1 aromatic heterocycles. The van der Waals surface area contributed by atoms with Gasteiger partial charge in [0.2, 0.25) is 11.8 Å². The summed E-state index contributed by atoms with van der Waals surface area (Å²) in [4.78, 5) is 66.6. The summed E-state index contributed by atoms with van der Waals surface area (Å²) in [7, 11) is 0. The molecule has 0 aliphatic rings. The van der Waals surface area contributed by atoms with E-state index in [4.69, 9.17) is 5.11 Å². The molecule has 0 aliphatic heterocycles. The van der Waals surface area contributed by atoms with Gasteiger partial charge in [0, 0.05) is 6.42 Å². The van der Waals surface area contributed by atoms with Crippen LogP contribution in [0.4, 0.5) is 0 Å². The molecule has 0 radical (unpaired) electrons. The summed E-state index contributed by atoms with van der Waals surface area (Å²) in [6, 6.07) is 11.9. The summed E-state index contributed by atoms with van der Waals surface area (Å²) >= 11 is 0. The van der Waals surface area contributed by atoms with E-state index in [1.807, 2.05) is 13.8 Å². The average molecular weight is 495 g/mol. The highest BCUT2D eigenvalue weighted by molar-refractivity contribution is 5.91. The molecule has 190 valence electrons. The van der Waals surface area contributed by atoms with Crippen molar-refractivity contribution in [1.82, 2.24) is 20.2 Å². The Bertz CT molecular complexity index is 1360. The largest absolute Gasteiger partial charge is 0.480 e. The van der Waals surface area contributed by atoms with Crippen LogP contribution in [0.2, 0.25) is 0 Å². The van der Waals surface area contributed by atoms with Gasteiger partial charge in [-0.05, 0) is 37.0 Å². The van der Waals surface area contributed by atoms with Crippen LogP contribution in [-0.2, 0) is 20.8 Å². The first kappa shape index (κ1) is 26.4. The summed E-state index contributed by atoms with van der Waals surface area (Å²) in [6.07, 6.45) is 0.250. The van der Waals surface area contributed by atoms with Crippen LogP contribution in [0.5, 0.6) is 0 Å². The smallest absolute Gasteiger partial charge is 0.329 e. The zero-order chi connectivity index (χ0) is 26.4. The molecule has 0 fully saturated rings. The minimum absolute atomic E-state index is 0.0134. The van der Waals surface area contributed by atoms with E-state index in [-0.39, 0.29) is 24.1 Å². The van der Waals surface area contributed by atoms with Crippen molar-refractivity contribution >= 4 is 28.7 Å². The fraction of sp³-hybridized carbons (Fsp3) is 0.346. The molecule has 2 amide bonds. The van der Waals surface area contributed by atoms with Crippen LogP contribution >= 0.6 is 0 Å². The van der Waals surface area contributed by atoms with Gasteiger partial charge < -0.3 is 20.7 Å². The number of rotatable bonds is 10. The number of hydrogen-bond donors (Lipinski definition) is 4. The molecule has 36 heavy (non-hydrogen) atoms. The van der Waals surface area contributed by atoms with Gasteiger partial charge in [-0.25, -0.2) is 9.36 Å². The Kier molecular flexibility index (Phi) is 8.42. The topological polar surface area (TPSA) is 150 Å². The van der Waals surface area contributed by atoms with Crippen molar-refractivity contribution in [2.75, 3.05) is 0 Å². The van der Waals surface area contributed by atoms with E-state index >= 15 is 0 Å². The molecule has 2 aromatic carbocycles. The van der Waals surface area contributed by atoms with Gasteiger partial charge in [0.15, 0.2) is 0 Å². The quantitative estimate of drug-likeness (QED) is 0.336. The van der Waals surface area contributed by atoms with Crippen molar-refractivity contribution < 1.29 is 19.5 Å². The van der Waals surface area contributed by atoms with E-state index in [2.05, 4.69) is 15.6 Å². The summed E-state index contributed by atoms with van der Waals surface area (Å²) in [5, 5.41) is 14.4. The molecule has 4 N–H and O–H groups in total. The molecule has 3 aromatic rings. The van der Waals surface area contributed by atoms with Crippen molar-refractivity contribution in [1.29, 1.82) is 0 Å². The average Bonchev–Trinajstić information content (AvgIpc) is 2.83. The third-order valence-electron chi connectivity index (χ3n) is 5.79. The number of nitrogens with one attached hydrogen (secondary N) is 3. The Labute approximate surface area is 207 Å². The second kappa shape index (κ2) is 11.5. The van der Waals surface area contributed by atoms with Crippen molar-refractivity contribution in [3.63, 3.8) is 0 Å². The molecule has 0 saturated heterocycles. The number of carboxylic acid groups (broad SMARTS) is 1. The predicted molar refractivity (Wildman–Crippen MR) is 135 cm³/mol. The van der Waals surface area contributed by atoms with Gasteiger partial charge in [0.25, 0.3) is 5.56 Å². The van der Waals surface area contributed by atoms with Gasteiger partial charge in [-0.1, -0.05) is 56.3 Å². The number of benzene rings is 2. The third-order valence-corrected chi connectivity index (χ3v) is 5.79. The Morgan fingerprint density at radius 1 is 0.917 bits per heavy atom. The summed E-state index contributed by atoms with van der Waals surface area (Å²) < 4.78 is 0.870. The number of fused-ring (bicyclic) bond motifs is 1. The normalized spacial score (nSPS) is 13.7. The number of para-hydroxylation sites is 1. The van der Waals surface area contributed by atoms with Crippen molar-refractivity contribution in [2.24, 2.45) is 5.92 Å². The van der Waals surface area contributed by atoms with E-state index in [1.54, 1.807) is 54.6 Å². The lowest BCUT2D eigenvalue weighted by Gasteiger charge is -2.25. The summed E-state index contributed by atoms with van der Waals surface area (Å²) in [5.41, 5.74) is -0.322. The number of nitrogens with zero attached hydrogens (tertiary/aromatic N) is 1. The van der Waals surface area contributed by atoms with Gasteiger partial charge in [-0.15, -0.1) is 0 Å². The van der Waals surface area contributed by atoms with Crippen molar-refractivity contribution in [3.8, 4) is 0 Å². The van der Waals surface area contributed by atoms with E-state index in [0.29, 0.717) is 11.1 Å². The number of aromatic amines is 1. The lowest BCUT2D eigenvalue weighted by Crippen LogP contribution is -2.54. The van der Waals surface area contributed by atoms with Gasteiger partial charge >= 0.3 is 11.7 Å². The second-order valence-corrected chi connectivity index (χ2v) is 9.12. The highest BCUT2D eigenvalue weighted by Gasteiger charge is 2.31. The Balaban J connectivity index is 2.03. The minimum atomic E-state index is -1.26. The molecular weight excluding hydrogens is 464 g/mol. The molecule has 0 aliphatic carbocycles. The molecule has 10 heteroatoms. The van der Waals surface area contributed by atoms with E-state index < -0.39 is 47.2 Å². The van der Waals surface area contributed by atoms with Crippen LogP contribution < -0.4 is 21.9 Å². The molecule has 10 nitrogen and oxygen atoms in total. The molecular formula is C26H30N4O6. The zero-order valence-electron chi connectivity index (χ0n) is 20.4. The molecule has 0 spiro atoms. The lowest BCUT2D eigenvalue weighted by molar-refractivity contribution is -0.141. The molecule has 3 atom stereocenters. The molecule has 0 unspecified atom stereocenters. The fourth-order valence-corrected chi connectivity index (χ4v) is 3.94. The highest BCUT2D eigenvalue weighted by atomic mass is 16.4. The molecule has 3 rings (SSSR count). The number of hydrogen-bond acceptors (Lipinski definition) is 5. The first-order valence-electron chi connectivity index (χ1n) is 11.7. The molecule has 0 saturated carbocycles. The predicted octanol–water partition coefficient (Wildman–Crippen LogP) is 1.59. The van der Waals surface area contributed by atoms with Gasteiger partial charge in [0.05, 0.1) is 10.9 Å². The number of aliphatic carboxylic acids is 1. The SMILES string of the molecule is CC(C)C[C@H](NC(=O)[C@H](Cc1ccccc1)n1c(=O)[nH]c2ccccc2c1=O)C(=O)N[C@@H](C)C(=O)O. The van der Waals surface area contributed by atoms with Crippen LogP contribution in [0.25, 0.3) is 10.9 Å². The van der Waals surface area contributed by atoms with Crippen LogP contribution in [0.3, 0.4) is 0 Å². The fourth-order valence-electron chi connectivity index (χ4n) is 3.94. The van der Waals surface area contributed by atoms with Crippen LogP contribution in [0, 0.1) is 5.92 Å². The molecule has 1 heterocycles. The zero-order valence-corrected chi connectivity index (χ0v) is 20.4. The first-order chi connectivity index (χ1) is 17.1. The van der Waals surface area contributed by atoms with E-state index in [1.165, 1.54) is 6.92 Å². The highest BCUT2D eigenvalue weighted by Crippen LogP contribution is 2.15. The minimum Gasteiger partial charge on any atom is -0.480 e. The number of amides is 2. The third kappa shape index (κ3) is 6.26. The monoisotopic (exact) mass is 494 g/mol. The Morgan fingerprint density at radius 3 is 2.19 bits per heavy atom. The summed E-state index contributed by atoms with van der Waals surface area (Å²) in [5.74, 6) is -2.59. The van der Waals surface area contributed by atoms with Crippen molar-refractivity contribution in [2.45, 2.75) is 51.7 Å². The van der Waals surface area contributed by atoms with Crippen molar-refractivity contribution in [3.05, 3.63) is 81.0 Å². The maximum atomic E-state index is 13.6. The number of H-pyrrole nitrogens is 1. The number of carboxylic acids is 1. The second-order valence-electron chi connectivity index (χ2n) is 9.12. The maximum Gasteiger partial charge on any atom is 0.329 e. The van der Waals surface area contributed by atoms with Crippen LogP contribution in [0.15, 0.2) is 64.2 Å². The number of carbonyl (C=O) groups excluding carboxylic acids is 2. The number of aromatic nitrogens is 2. The lowest BCUT2D eigenvalue weighted by atomic mass is 10.0. The maximum absolute atomic E-state index is 13.6. The van der Waals surface area contributed by atoms with Crippen LogP contribution in [0.1, 0.15) is 38.8 Å². The van der Waals surface area contributed by atoms with E-state index in [9.17, 15) is 24.0 Å². The van der Waals surface area contributed by atoms with E-state index in [0.717, 1.165) is 4.57 Å². The summed E-state index contributed by atoms with van der Waals surface area (Å²) in [6.45, 7) is 5.03.